The molecule has 0 saturated heterocycles. The topological polar surface area (TPSA) is 81.5 Å². The number of non-ortho nitro benzene ring substituents is 1. The summed E-state index contributed by atoms with van der Waals surface area (Å²) in [6.45, 7) is 5.55. The Balaban J connectivity index is 2.18. The molecule has 2 aromatic rings. The van der Waals surface area contributed by atoms with Gasteiger partial charge in [0.25, 0.3) is 11.6 Å². The van der Waals surface area contributed by atoms with E-state index in [1.54, 1.807) is 25.1 Å². The van der Waals surface area contributed by atoms with E-state index in [0.29, 0.717) is 27.0 Å². The van der Waals surface area contributed by atoms with Crippen LogP contribution in [0.2, 0.25) is 0 Å². The minimum absolute atomic E-state index is 0.0107. The van der Waals surface area contributed by atoms with Crippen LogP contribution in [0.3, 0.4) is 0 Å². The summed E-state index contributed by atoms with van der Waals surface area (Å²) in [5.74, 6) is 0.358. The lowest BCUT2D eigenvalue weighted by atomic mass is 10.1. The molecule has 0 aliphatic heterocycles. The molecule has 0 atom stereocenters. The van der Waals surface area contributed by atoms with Gasteiger partial charge in [-0.15, -0.1) is 0 Å². The number of nitrogens with zero attached hydrogens (tertiary/aromatic N) is 1. The first-order valence-electron chi connectivity index (χ1n) is 7.30. The molecule has 6 nitrogen and oxygen atoms in total. The summed E-state index contributed by atoms with van der Waals surface area (Å²) >= 11 is 3.39. The van der Waals surface area contributed by atoms with Crippen LogP contribution in [-0.4, -0.2) is 16.9 Å². The number of carbonyl (C=O) groups is 1. The molecule has 0 radical (unpaired) electrons. The number of nitro benzene ring substituents is 1. The van der Waals surface area contributed by atoms with Gasteiger partial charge >= 0.3 is 0 Å². The number of halogens is 1. The minimum Gasteiger partial charge on any atom is -0.490 e. The van der Waals surface area contributed by atoms with E-state index >= 15 is 0 Å². The van der Waals surface area contributed by atoms with Crippen LogP contribution in [0.5, 0.6) is 5.75 Å². The second-order valence-corrected chi connectivity index (χ2v) is 6.38. The number of nitro groups is 1. The molecule has 1 N–H and O–H groups in total. The fourth-order valence-corrected chi connectivity index (χ4v) is 2.56. The van der Waals surface area contributed by atoms with Crippen LogP contribution < -0.4 is 10.1 Å². The molecule has 126 valence electrons. The molecule has 0 unspecified atom stereocenters. The second kappa shape index (κ2) is 7.44. The molecule has 0 saturated carbocycles. The number of rotatable bonds is 5. The molecule has 0 aromatic heterocycles. The SMILES string of the molecule is Cc1cc([N+](=O)[O-])ccc1NC(=O)c1ccc(OC(C)C)c(Br)c1. The van der Waals surface area contributed by atoms with Crippen molar-refractivity contribution < 1.29 is 14.5 Å². The Kier molecular flexibility index (Phi) is 5.56. The normalized spacial score (nSPS) is 10.5. The zero-order valence-corrected chi connectivity index (χ0v) is 15.1. The summed E-state index contributed by atoms with van der Waals surface area (Å²) < 4.78 is 6.29. The fraction of sp³-hybridized carbons (Fsp3) is 0.235. The van der Waals surface area contributed by atoms with Gasteiger partial charge in [0.15, 0.2) is 0 Å². The van der Waals surface area contributed by atoms with Gasteiger partial charge in [-0.1, -0.05) is 0 Å². The Morgan fingerprint density at radius 3 is 2.50 bits per heavy atom. The second-order valence-electron chi connectivity index (χ2n) is 5.52. The molecule has 0 aliphatic rings. The molecule has 0 bridgehead atoms. The molecule has 2 aromatic carbocycles. The third kappa shape index (κ3) is 4.32. The number of benzene rings is 2. The first-order valence-corrected chi connectivity index (χ1v) is 8.10. The first kappa shape index (κ1) is 17.9. The van der Waals surface area contributed by atoms with Gasteiger partial charge in [0, 0.05) is 23.4 Å². The highest BCUT2D eigenvalue weighted by atomic mass is 79.9. The quantitative estimate of drug-likeness (QED) is 0.590. The Bertz CT molecular complexity index is 790. The lowest BCUT2D eigenvalue weighted by Crippen LogP contribution is -2.13. The maximum atomic E-state index is 12.4. The number of anilines is 1. The Hall–Kier alpha value is -2.41. The molecular weight excluding hydrogens is 376 g/mol. The number of hydrogen-bond acceptors (Lipinski definition) is 4. The lowest BCUT2D eigenvalue weighted by molar-refractivity contribution is -0.384. The van der Waals surface area contributed by atoms with Gasteiger partial charge in [0.05, 0.1) is 15.5 Å². The van der Waals surface area contributed by atoms with Crippen LogP contribution in [0.1, 0.15) is 29.8 Å². The Morgan fingerprint density at radius 2 is 1.96 bits per heavy atom. The molecular formula is C17H17BrN2O4. The average molecular weight is 393 g/mol. The summed E-state index contributed by atoms with van der Waals surface area (Å²) in [7, 11) is 0. The monoisotopic (exact) mass is 392 g/mol. The van der Waals surface area contributed by atoms with Crippen molar-refractivity contribution in [1.82, 2.24) is 0 Å². The number of carbonyl (C=O) groups excluding carboxylic acids is 1. The minimum atomic E-state index is -0.469. The summed E-state index contributed by atoms with van der Waals surface area (Å²) in [4.78, 5) is 22.7. The van der Waals surface area contributed by atoms with E-state index in [4.69, 9.17) is 4.74 Å². The molecule has 24 heavy (non-hydrogen) atoms. The van der Waals surface area contributed by atoms with Crippen molar-refractivity contribution in [2.45, 2.75) is 26.9 Å². The van der Waals surface area contributed by atoms with E-state index in [1.165, 1.54) is 18.2 Å². The predicted octanol–water partition coefficient (Wildman–Crippen LogP) is 4.71. The number of aryl methyl sites for hydroxylation is 1. The molecule has 1 amide bonds. The summed E-state index contributed by atoms with van der Waals surface area (Å²) in [5.41, 5.74) is 1.60. The Labute approximate surface area is 148 Å². The fourth-order valence-electron chi connectivity index (χ4n) is 2.09. The smallest absolute Gasteiger partial charge is 0.269 e. The first-order chi connectivity index (χ1) is 11.3. The third-order valence-electron chi connectivity index (χ3n) is 3.23. The lowest BCUT2D eigenvalue weighted by Gasteiger charge is -2.13. The standard InChI is InChI=1S/C17H17BrN2O4/c1-10(2)24-16-7-4-12(9-14(16)18)17(21)19-15-6-5-13(20(22)23)8-11(15)3/h4-10H,1-3H3,(H,19,21). The Morgan fingerprint density at radius 1 is 1.25 bits per heavy atom. The van der Waals surface area contributed by atoms with Gasteiger partial charge < -0.3 is 10.1 Å². The largest absolute Gasteiger partial charge is 0.490 e. The van der Waals surface area contributed by atoms with Gasteiger partial charge in [-0.25, -0.2) is 0 Å². The maximum absolute atomic E-state index is 12.4. The zero-order valence-electron chi connectivity index (χ0n) is 13.5. The number of amides is 1. The van der Waals surface area contributed by atoms with E-state index in [0.717, 1.165) is 0 Å². The van der Waals surface area contributed by atoms with Gasteiger partial charge in [0.2, 0.25) is 0 Å². The highest BCUT2D eigenvalue weighted by Crippen LogP contribution is 2.28. The molecule has 0 spiro atoms. The van der Waals surface area contributed by atoms with Crippen molar-refractivity contribution in [2.24, 2.45) is 0 Å². The van der Waals surface area contributed by atoms with Gasteiger partial charge in [-0.2, -0.15) is 0 Å². The van der Waals surface area contributed by atoms with Gasteiger partial charge in [0.1, 0.15) is 5.75 Å². The summed E-state index contributed by atoms with van der Waals surface area (Å²) in [5, 5.41) is 13.5. The summed E-state index contributed by atoms with van der Waals surface area (Å²) in [6.07, 6.45) is 0.0312. The van der Waals surface area contributed by atoms with Gasteiger partial charge in [-0.3, -0.25) is 14.9 Å². The number of nitrogens with one attached hydrogen (secondary N) is 1. The van der Waals surface area contributed by atoms with Crippen LogP contribution in [0.4, 0.5) is 11.4 Å². The summed E-state index contributed by atoms with van der Waals surface area (Å²) in [6, 6.07) is 9.37. The van der Waals surface area contributed by atoms with Crippen LogP contribution in [-0.2, 0) is 0 Å². The number of hydrogen-bond donors (Lipinski definition) is 1. The van der Waals surface area contributed by atoms with E-state index in [2.05, 4.69) is 21.2 Å². The number of ether oxygens (including phenoxy) is 1. The predicted molar refractivity (Wildman–Crippen MR) is 95.7 cm³/mol. The van der Waals surface area contributed by atoms with Crippen molar-refractivity contribution >= 4 is 33.2 Å². The highest BCUT2D eigenvalue weighted by molar-refractivity contribution is 9.10. The van der Waals surface area contributed by atoms with Gasteiger partial charge in [-0.05, 0) is 66.5 Å². The van der Waals surface area contributed by atoms with Crippen molar-refractivity contribution in [3.05, 3.63) is 62.1 Å². The molecule has 7 heteroatoms. The van der Waals surface area contributed by atoms with Crippen molar-refractivity contribution in [1.29, 1.82) is 0 Å². The van der Waals surface area contributed by atoms with Crippen molar-refractivity contribution in [3.8, 4) is 5.75 Å². The average Bonchev–Trinajstić information content (AvgIpc) is 2.50. The van der Waals surface area contributed by atoms with Crippen LogP contribution in [0.15, 0.2) is 40.9 Å². The molecule has 0 fully saturated rings. The molecule has 0 aliphatic carbocycles. The van der Waals surface area contributed by atoms with Crippen molar-refractivity contribution in [2.75, 3.05) is 5.32 Å². The highest BCUT2D eigenvalue weighted by Gasteiger charge is 2.13. The zero-order chi connectivity index (χ0) is 17.9. The molecule has 2 rings (SSSR count). The van der Waals surface area contributed by atoms with E-state index in [9.17, 15) is 14.9 Å². The van der Waals surface area contributed by atoms with Crippen molar-refractivity contribution in [3.63, 3.8) is 0 Å². The maximum Gasteiger partial charge on any atom is 0.269 e. The molecule has 0 heterocycles. The van der Waals surface area contributed by atoms with E-state index in [-0.39, 0.29) is 17.7 Å². The van der Waals surface area contributed by atoms with Crippen LogP contribution in [0.25, 0.3) is 0 Å². The van der Waals surface area contributed by atoms with E-state index < -0.39 is 4.92 Å². The third-order valence-corrected chi connectivity index (χ3v) is 3.85. The van der Waals surface area contributed by atoms with Crippen LogP contribution in [0, 0.1) is 17.0 Å². The van der Waals surface area contributed by atoms with Crippen LogP contribution >= 0.6 is 15.9 Å². The van der Waals surface area contributed by atoms with E-state index in [1.807, 2.05) is 13.8 Å².